The molecule has 1 aromatic rings. The maximum atomic E-state index is 9.23. The van der Waals surface area contributed by atoms with E-state index in [2.05, 4.69) is 11.0 Å². The molecule has 0 radical (unpaired) electrons. The quantitative estimate of drug-likeness (QED) is 0.833. The van der Waals surface area contributed by atoms with E-state index in [0.29, 0.717) is 11.3 Å². The predicted molar refractivity (Wildman–Crippen MR) is 70.3 cm³/mol. The Labute approximate surface area is 108 Å². The van der Waals surface area contributed by atoms with E-state index in [9.17, 15) is 5.11 Å². The molecular formula is C14H20N2O2. The zero-order valence-corrected chi connectivity index (χ0v) is 11.2. The number of hydrogen-bond donors (Lipinski definition) is 1. The maximum absolute atomic E-state index is 9.23. The number of nitriles is 1. The van der Waals surface area contributed by atoms with Crippen LogP contribution in [0.5, 0.6) is 5.75 Å². The molecule has 0 amide bonds. The molecule has 4 nitrogen and oxygen atoms in total. The molecule has 0 saturated carbocycles. The SMILES string of the molecule is COc1ccc(CN(C)CCC(C)O)cc1C#N. The summed E-state index contributed by atoms with van der Waals surface area (Å²) in [5, 5.41) is 18.2. The molecule has 0 aliphatic heterocycles. The first-order chi connectivity index (χ1) is 8.56. The van der Waals surface area contributed by atoms with Gasteiger partial charge in [0, 0.05) is 13.1 Å². The van der Waals surface area contributed by atoms with Gasteiger partial charge in [-0.1, -0.05) is 6.07 Å². The van der Waals surface area contributed by atoms with Crippen molar-refractivity contribution in [3.05, 3.63) is 29.3 Å². The monoisotopic (exact) mass is 248 g/mol. The van der Waals surface area contributed by atoms with E-state index < -0.39 is 0 Å². The van der Waals surface area contributed by atoms with Crippen LogP contribution in [-0.4, -0.2) is 36.8 Å². The van der Waals surface area contributed by atoms with Gasteiger partial charge in [0.05, 0.1) is 18.8 Å². The highest BCUT2D eigenvalue weighted by Gasteiger charge is 2.06. The number of rotatable bonds is 6. The molecule has 18 heavy (non-hydrogen) atoms. The zero-order valence-electron chi connectivity index (χ0n) is 11.2. The first kappa shape index (κ1) is 14.5. The van der Waals surface area contributed by atoms with Crippen LogP contribution in [0.3, 0.4) is 0 Å². The molecule has 1 atom stereocenters. The first-order valence-corrected chi connectivity index (χ1v) is 6.00. The Bertz CT molecular complexity index is 424. The van der Waals surface area contributed by atoms with Crippen molar-refractivity contribution in [2.45, 2.75) is 26.0 Å². The Morgan fingerprint density at radius 1 is 1.50 bits per heavy atom. The van der Waals surface area contributed by atoms with Crippen molar-refractivity contribution in [2.24, 2.45) is 0 Å². The molecule has 1 unspecified atom stereocenters. The summed E-state index contributed by atoms with van der Waals surface area (Å²) in [5.74, 6) is 0.605. The fourth-order valence-corrected chi connectivity index (χ4v) is 1.74. The van der Waals surface area contributed by atoms with Gasteiger partial charge in [-0.05, 0) is 38.1 Å². The summed E-state index contributed by atoms with van der Waals surface area (Å²) in [6, 6.07) is 7.74. The van der Waals surface area contributed by atoms with Gasteiger partial charge < -0.3 is 14.7 Å². The van der Waals surface area contributed by atoms with Crippen LogP contribution < -0.4 is 4.74 Å². The van der Waals surface area contributed by atoms with Crippen LogP contribution in [0.25, 0.3) is 0 Å². The molecule has 0 fully saturated rings. The lowest BCUT2D eigenvalue weighted by atomic mass is 10.1. The van der Waals surface area contributed by atoms with Crippen molar-refractivity contribution >= 4 is 0 Å². The Kier molecular flexibility index (Phi) is 5.63. The molecule has 0 spiro atoms. The summed E-state index contributed by atoms with van der Waals surface area (Å²) in [7, 11) is 3.56. The third-order valence-electron chi connectivity index (χ3n) is 2.77. The molecule has 1 N–H and O–H groups in total. The fourth-order valence-electron chi connectivity index (χ4n) is 1.74. The standard InChI is InChI=1S/C14H20N2O2/c1-11(17)6-7-16(2)10-12-4-5-14(18-3)13(8-12)9-15/h4-5,8,11,17H,6-7,10H2,1-3H3. The largest absolute Gasteiger partial charge is 0.495 e. The summed E-state index contributed by atoms with van der Waals surface area (Å²) in [5.41, 5.74) is 1.62. The highest BCUT2D eigenvalue weighted by atomic mass is 16.5. The Morgan fingerprint density at radius 2 is 2.22 bits per heavy atom. The van der Waals surface area contributed by atoms with E-state index in [1.807, 2.05) is 25.2 Å². The second kappa shape index (κ2) is 7.00. The zero-order chi connectivity index (χ0) is 13.5. The molecule has 0 aliphatic rings. The smallest absolute Gasteiger partial charge is 0.136 e. The summed E-state index contributed by atoms with van der Waals surface area (Å²) in [4.78, 5) is 2.12. The van der Waals surface area contributed by atoms with Gasteiger partial charge >= 0.3 is 0 Å². The van der Waals surface area contributed by atoms with E-state index >= 15 is 0 Å². The predicted octanol–water partition coefficient (Wildman–Crippen LogP) is 1.77. The second-order valence-electron chi connectivity index (χ2n) is 4.52. The van der Waals surface area contributed by atoms with Gasteiger partial charge in [-0.25, -0.2) is 0 Å². The Hall–Kier alpha value is -1.57. The average molecular weight is 248 g/mol. The first-order valence-electron chi connectivity index (χ1n) is 6.00. The van der Waals surface area contributed by atoms with E-state index in [-0.39, 0.29) is 6.10 Å². The average Bonchev–Trinajstić information content (AvgIpc) is 2.36. The van der Waals surface area contributed by atoms with Crippen LogP contribution in [0.15, 0.2) is 18.2 Å². The molecule has 0 aliphatic carbocycles. The number of benzene rings is 1. The third kappa shape index (κ3) is 4.36. The topological polar surface area (TPSA) is 56.5 Å². The highest BCUT2D eigenvalue weighted by molar-refractivity contribution is 5.45. The molecule has 1 aromatic carbocycles. The highest BCUT2D eigenvalue weighted by Crippen LogP contribution is 2.19. The van der Waals surface area contributed by atoms with Crippen molar-refractivity contribution in [2.75, 3.05) is 20.7 Å². The summed E-state index contributed by atoms with van der Waals surface area (Å²) < 4.78 is 5.11. The molecule has 4 heteroatoms. The number of nitrogens with zero attached hydrogens (tertiary/aromatic N) is 2. The number of ether oxygens (including phenoxy) is 1. The minimum absolute atomic E-state index is 0.280. The second-order valence-corrected chi connectivity index (χ2v) is 4.52. The molecule has 0 heterocycles. The lowest BCUT2D eigenvalue weighted by Gasteiger charge is -2.18. The molecule has 0 saturated heterocycles. The summed E-state index contributed by atoms with van der Waals surface area (Å²) in [6.07, 6.45) is 0.468. The van der Waals surface area contributed by atoms with Crippen molar-refractivity contribution < 1.29 is 9.84 Å². The van der Waals surface area contributed by atoms with Crippen molar-refractivity contribution in [3.63, 3.8) is 0 Å². The van der Waals surface area contributed by atoms with Crippen LogP contribution in [0, 0.1) is 11.3 Å². The lowest BCUT2D eigenvalue weighted by molar-refractivity contribution is 0.163. The van der Waals surface area contributed by atoms with E-state index in [4.69, 9.17) is 10.00 Å². The van der Waals surface area contributed by atoms with E-state index in [1.54, 1.807) is 14.0 Å². The molecule has 0 aromatic heterocycles. The van der Waals surface area contributed by atoms with Gasteiger partial charge in [-0.15, -0.1) is 0 Å². The van der Waals surface area contributed by atoms with Gasteiger partial charge in [-0.2, -0.15) is 5.26 Å². The van der Waals surface area contributed by atoms with Crippen LogP contribution >= 0.6 is 0 Å². The molecule has 1 rings (SSSR count). The summed E-state index contributed by atoms with van der Waals surface area (Å²) >= 11 is 0. The van der Waals surface area contributed by atoms with Crippen LogP contribution in [-0.2, 0) is 6.54 Å². The molecular weight excluding hydrogens is 228 g/mol. The van der Waals surface area contributed by atoms with Gasteiger partial charge in [0.1, 0.15) is 11.8 Å². The third-order valence-corrected chi connectivity index (χ3v) is 2.77. The normalized spacial score (nSPS) is 12.2. The van der Waals surface area contributed by atoms with E-state index in [0.717, 1.165) is 25.1 Å². The number of methoxy groups -OCH3 is 1. The van der Waals surface area contributed by atoms with Crippen molar-refractivity contribution in [1.82, 2.24) is 4.90 Å². The van der Waals surface area contributed by atoms with Crippen LogP contribution in [0.2, 0.25) is 0 Å². The van der Waals surface area contributed by atoms with E-state index in [1.165, 1.54) is 0 Å². The van der Waals surface area contributed by atoms with Crippen LogP contribution in [0.1, 0.15) is 24.5 Å². The van der Waals surface area contributed by atoms with Gasteiger partial charge in [-0.3, -0.25) is 0 Å². The van der Waals surface area contributed by atoms with Crippen molar-refractivity contribution in [3.8, 4) is 11.8 Å². The minimum Gasteiger partial charge on any atom is -0.495 e. The molecule has 98 valence electrons. The van der Waals surface area contributed by atoms with Gasteiger partial charge in [0.2, 0.25) is 0 Å². The maximum Gasteiger partial charge on any atom is 0.136 e. The van der Waals surface area contributed by atoms with Gasteiger partial charge in [0.15, 0.2) is 0 Å². The summed E-state index contributed by atoms with van der Waals surface area (Å²) in [6.45, 7) is 3.37. The van der Waals surface area contributed by atoms with Crippen molar-refractivity contribution in [1.29, 1.82) is 5.26 Å². The number of hydrogen-bond acceptors (Lipinski definition) is 4. The lowest BCUT2D eigenvalue weighted by Crippen LogP contribution is -2.22. The molecule has 0 bridgehead atoms. The Morgan fingerprint density at radius 3 is 2.78 bits per heavy atom. The van der Waals surface area contributed by atoms with Gasteiger partial charge in [0.25, 0.3) is 0 Å². The minimum atomic E-state index is -0.280. The van der Waals surface area contributed by atoms with Crippen LogP contribution in [0.4, 0.5) is 0 Å². The number of aliphatic hydroxyl groups excluding tert-OH is 1. The Balaban J connectivity index is 2.65. The number of aliphatic hydroxyl groups is 1. The fraction of sp³-hybridized carbons (Fsp3) is 0.500.